The molecule has 0 unspecified atom stereocenters. The van der Waals surface area contributed by atoms with Crippen molar-refractivity contribution < 1.29 is 18.0 Å². The number of amides is 2. The summed E-state index contributed by atoms with van der Waals surface area (Å²) in [6.07, 6.45) is 0.869. The van der Waals surface area contributed by atoms with Crippen molar-refractivity contribution in [2.45, 2.75) is 31.6 Å². The third kappa shape index (κ3) is 5.27. The Kier molecular flexibility index (Phi) is 7.27. The standard InChI is InChI=1S/C21H27N3O4S2/c1-16-15-19(17(2)29-16)30(27,28)24-13-11-23(12-14-24)20(25)9-6-10-22-21(26)18-7-4-3-5-8-18/h3-5,7-8,15H,6,9-14H2,1-2H3,(H,22,26). The van der Waals surface area contributed by atoms with Crippen LogP contribution in [0.1, 0.15) is 33.0 Å². The minimum absolute atomic E-state index is 0.0106. The second-order valence-corrected chi connectivity index (χ2v) is 10.7. The van der Waals surface area contributed by atoms with Crippen LogP contribution in [0, 0.1) is 13.8 Å². The quantitative estimate of drug-likeness (QED) is 0.658. The predicted octanol–water partition coefficient (Wildman–Crippen LogP) is 2.41. The first-order valence-electron chi connectivity index (χ1n) is 9.97. The molecule has 1 saturated heterocycles. The summed E-state index contributed by atoms with van der Waals surface area (Å²) in [6, 6.07) is 10.7. The lowest BCUT2D eigenvalue weighted by Gasteiger charge is -2.34. The Labute approximate surface area is 181 Å². The molecular formula is C21H27N3O4S2. The summed E-state index contributed by atoms with van der Waals surface area (Å²) in [7, 11) is -3.52. The molecule has 1 N–H and O–H groups in total. The number of hydrogen-bond acceptors (Lipinski definition) is 5. The van der Waals surface area contributed by atoms with Gasteiger partial charge in [0.15, 0.2) is 0 Å². The van der Waals surface area contributed by atoms with Crippen LogP contribution in [0.5, 0.6) is 0 Å². The molecule has 0 radical (unpaired) electrons. The molecule has 2 heterocycles. The van der Waals surface area contributed by atoms with Crippen molar-refractivity contribution >= 4 is 33.2 Å². The van der Waals surface area contributed by atoms with Gasteiger partial charge >= 0.3 is 0 Å². The lowest BCUT2D eigenvalue weighted by atomic mass is 10.2. The fourth-order valence-electron chi connectivity index (χ4n) is 3.47. The van der Waals surface area contributed by atoms with Crippen molar-refractivity contribution in [2.75, 3.05) is 32.7 Å². The molecule has 2 amide bonds. The average molecular weight is 450 g/mol. The number of piperazine rings is 1. The zero-order chi connectivity index (χ0) is 21.7. The fourth-order valence-corrected chi connectivity index (χ4v) is 6.42. The van der Waals surface area contributed by atoms with E-state index in [9.17, 15) is 18.0 Å². The van der Waals surface area contributed by atoms with Crippen LogP contribution in [-0.2, 0) is 14.8 Å². The zero-order valence-corrected chi connectivity index (χ0v) is 18.9. The minimum Gasteiger partial charge on any atom is -0.352 e. The maximum Gasteiger partial charge on any atom is 0.251 e. The molecule has 7 nitrogen and oxygen atoms in total. The number of nitrogens with zero attached hydrogens (tertiary/aromatic N) is 2. The smallest absolute Gasteiger partial charge is 0.251 e. The van der Waals surface area contributed by atoms with E-state index in [1.54, 1.807) is 35.2 Å². The van der Waals surface area contributed by atoms with Crippen LogP contribution in [0.15, 0.2) is 41.3 Å². The number of hydrogen-bond donors (Lipinski definition) is 1. The highest BCUT2D eigenvalue weighted by Gasteiger charge is 2.31. The number of carbonyl (C=O) groups is 2. The number of nitrogens with one attached hydrogen (secondary N) is 1. The van der Waals surface area contributed by atoms with Gasteiger partial charge in [0.2, 0.25) is 15.9 Å². The molecule has 1 aromatic heterocycles. The fraction of sp³-hybridized carbons (Fsp3) is 0.429. The van der Waals surface area contributed by atoms with Crippen LogP contribution in [-0.4, -0.2) is 62.2 Å². The first-order chi connectivity index (χ1) is 14.3. The van der Waals surface area contributed by atoms with Gasteiger partial charge in [-0.15, -0.1) is 11.3 Å². The molecule has 0 bridgehead atoms. The normalized spacial score (nSPS) is 15.2. The van der Waals surface area contributed by atoms with E-state index in [0.29, 0.717) is 56.0 Å². The van der Waals surface area contributed by atoms with E-state index in [1.165, 1.54) is 15.6 Å². The highest BCUT2D eigenvalue weighted by atomic mass is 32.2. The first-order valence-corrected chi connectivity index (χ1v) is 12.2. The predicted molar refractivity (Wildman–Crippen MR) is 117 cm³/mol. The summed E-state index contributed by atoms with van der Waals surface area (Å²) < 4.78 is 27.2. The Hall–Kier alpha value is -2.23. The van der Waals surface area contributed by atoms with Crippen LogP contribution in [0.2, 0.25) is 0 Å². The van der Waals surface area contributed by atoms with Gasteiger partial charge < -0.3 is 10.2 Å². The third-order valence-electron chi connectivity index (χ3n) is 5.09. The van der Waals surface area contributed by atoms with Gasteiger partial charge in [-0.3, -0.25) is 9.59 Å². The molecule has 162 valence electrons. The molecule has 1 aliphatic heterocycles. The highest BCUT2D eigenvalue weighted by Crippen LogP contribution is 2.28. The Balaban J connectivity index is 1.43. The number of sulfonamides is 1. The van der Waals surface area contributed by atoms with Crippen LogP contribution in [0.4, 0.5) is 0 Å². The second kappa shape index (κ2) is 9.72. The Bertz CT molecular complexity index is 995. The van der Waals surface area contributed by atoms with E-state index >= 15 is 0 Å². The number of carbonyl (C=O) groups excluding carboxylic acids is 2. The van der Waals surface area contributed by atoms with Crippen molar-refractivity contribution in [1.82, 2.24) is 14.5 Å². The molecule has 1 fully saturated rings. The molecule has 30 heavy (non-hydrogen) atoms. The molecule has 0 spiro atoms. The van der Waals surface area contributed by atoms with E-state index in [1.807, 2.05) is 19.9 Å². The minimum atomic E-state index is -3.52. The lowest BCUT2D eigenvalue weighted by molar-refractivity contribution is -0.132. The van der Waals surface area contributed by atoms with E-state index in [2.05, 4.69) is 5.32 Å². The van der Waals surface area contributed by atoms with Gasteiger partial charge in [0, 0.05) is 54.5 Å². The van der Waals surface area contributed by atoms with Crippen molar-refractivity contribution in [3.63, 3.8) is 0 Å². The van der Waals surface area contributed by atoms with Gasteiger partial charge in [0.05, 0.1) is 4.90 Å². The molecule has 9 heteroatoms. The van der Waals surface area contributed by atoms with Gasteiger partial charge in [0.25, 0.3) is 5.91 Å². The van der Waals surface area contributed by atoms with Crippen LogP contribution in [0.3, 0.4) is 0 Å². The molecule has 1 aromatic carbocycles. The third-order valence-corrected chi connectivity index (χ3v) is 8.21. The van der Waals surface area contributed by atoms with Gasteiger partial charge in [-0.05, 0) is 38.5 Å². The van der Waals surface area contributed by atoms with Gasteiger partial charge in [0.1, 0.15) is 0 Å². The summed E-state index contributed by atoms with van der Waals surface area (Å²) in [5.41, 5.74) is 0.595. The Morgan fingerprint density at radius 1 is 1.07 bits per heavy atom. The van der Waals surface area contributed by atoms with E-state index < -0.39 is 10.0 Å². The molecule has 1 aliphatic rings. The molecule has 3 rings (SSSR count). The van der Waals surface area contributed by atoms with Crippen molar-refractivity contribution in [3.8, 4) is 0 Å². The van der Waals surface area contributed by atoms with E-state index in [0.717, 1.165) is 9.75 Å². The SMILES string of the molecule is Cc1cc(S(=O)(=O)N2CCN(C(=O)CCCNC(=O)c3ccccc3)CC2)c(C)s1. The Morgan fingerprint density at radius 2 is 1.73 bits per heavy atom. The van der Waals surface area contributed by atoms with Crippen molar-refractivity contribution in [2.24, 2.45) is 0 Å². The summed E-state index contributed by atoms with van der Waals surface area (Å²) in [6.45, 7) is 5.51. The molecule has 2 aromatic rings. The molecule has 0 atom stereocenters. The maximum absolute atomic E-state index is 12.9. The second-order valence-electron chi connectivity index (χ2n) is 7.29. The molecule has 0 aliphatic carbocycles. The zero-order valence-electron chi connectivity index (χ0n) is 17.3. The first kappa shape index (κ1) is 22.5. The number of benzene rings is 1. The number of rotatable bonds is 7. The maximum atomic E-state index is 12.9. The van der Waals surface area contributed by atoms with Gasteiger partial charge in [-0.25, -0.2) is 8.42 Å². The van der Waals surface area contributed by atoms with Gasteiger partial charge in [-0.1, -0.05) is 18.2 Å². The monoisotopic (exact) mass is 449 g/mol. The summed E-state index contributed by atoms with van der Waals surface area (Å²) in [5.74, 6) is -0.163. The lowest BCUT2D eigenvalue weighted by Crippen LogP contribution is -2.50. The van der Waals surface area contributed by atoms with Crippen LogP contribution in [0.25, 0.3) is 0 Å². The van der Waals surface area contributed by atoms with Crippen LogP contribution >= 0.6 is 11.3 Å². The van der Waals surface area contributed by atoms with Crippen molar-refractivity contribution in [1.29, 1.82) is 0 Å². The van der Waals surface area contributed by atoms with Crippen LogP contribution < -0.4 is 5.32 Å². The van der Waals surface area contributed by atoms with Crippen molar-refractivity contribution in [3.05, 3.63) is 51.7 Å². The number of aryl methyl sites for hydroxylation is 2. The topological polar surface area (TPSA) is 86.8 Å². The highest BCUT2D eigenvalue weighted by molar-refractivity contribution is 7.89. The molecule has 0 saturated carbocycles. The van der Waals surface area contributed by atoms with Gasteiger partial charge in [-0.2, -0.15) is 4.31 Å². The van der Waals surface area contributed by atoms with E-state index in [-0.39, 0.29) is 11.8 Å². The summed E-state index contributed by atoms with van der Waals surface area (Å²) in [5, 5.41) is 2.81. The summed E-state index contributed by atoms with van der Waals surface area (Å²) >= 11 is 1.48. The summed E-state index contributed by atoms with van der Waals surface area (Å²) in [4.78, 5) is 28.3. The largest absolute Gasteiger partial charge is 0.352 e. The number of thiophene rings is 1. The molecular weight excluding hydrogens is 422 g/mol. The Morgan fingerprint density at radius 3 is 2.33 bits per heavy atom. The van der Waals surface area contributed by atoms with E-state index in [4.69, 9.17) is 0 Å². The average Bonchev–Trinajstić information content (AvgIpc) is 3.10.